The van der Waals surface area contributed by atoms with E-state index < -0.39 is 0 Å². The van der Waals surface area contributed by atoms with Crippen molar-refractivity contribution in [3.05, 3.63) is 63.6 Å². The second kappa shape index (κ2) is 5.16. The SMILES string of the molecule is Cc1ccccc1C(=O)N1Cc2nn3c(C)c(C)c(C)nc3c2C1. The number of hydrogen-bond acceptors (Lipinski definition) is 3. The van der Waals surface area contributed by atoms with Gasteiger partial charge < -0.3 is 4.90 Å². The highest BCUT2D eigenvalue weighted by molar-refractivity contribution is 5.96. The van der Waals surface area contributed by atoms with Crippen LogP contribution in [0.1, 0.15) is 44.1 Å². The fourth-order valence-electron chi connectivity index (χ4n) is 3.34. The number of fused-ring (bicyclic) bond motifs is 3. The van der Waals surface area contributed by atoms with E-state index >= 15 is 0 Å². The van der Waals surface area contributed by atoms with E-state index in [0.29, 0.717) is 13.1 Å². The Bertz CT molecular complexity index is 987. The lowest BCUT2D eigenvalue weighted by molar-refractivity contribution is 0.0749. The number of aryl methyl sites for hydroxylation is 3. The van der Waals surface area contributed by atoms with Crippen LogP contribution in [-0.2, 0) is 13.1 Å². The molecule has 0 atom stereocenters. The molecule has 0 saturated heterocycles. The van der Waals surface area contributed by atoms with Crippen LogP contribution in [0.15, 0.2) is 24.3 Å². The number of amides is 1. The molecule has 0 unspecified atom stereocenters. The summed E-state index contributed by atoms with van der Waals surface area (Å²) in [6.45, 7) is 9.24. The number of aromatic nitrogens is 3. The molecule has 1 amide bonds. The minimum absolute atomic E-state index is 0.0600. The van der Waals surface area contributed by atoms with Gasteiger partial charge in [-0.3, -0.25) is 4.79 Å². The molecule has 2 aromatic heterocycles. The second-order valence-electron chi connectivity index (χ2n) is 6.54. The molecule has 0 N–H and O–H groups in total. The molecule has 0 aliphatic carbocycles. The molecule has 1 aliphatic rings. The molecule has 0 saturated carbocycles. The average Bonchev–Trinajstić information content (AvgIpc) is 3.12. The molecule has 0 fully saturated rings. The first-order valence-corrected chi connectivity index (χ1v) is 8.16. The van der Waals surface area contributed by atoms with Crippen LogP contribution < -0.4 is 0 Å². The van der Waals surface area contributed by atoms with Crippen molar-refractivity contribution >= 4 is 11.6 Å². The topological polar surface area (TPSA) is 50.5 Å². The maximum Gasteiger partial charge on any atom is 0.254 e. The van der Waals surface area contributed by atoms with Crippen molar-refractivity contribution in [3.63, 3.8) is 0 Å². The number of nitrogens with zero attached hydrogens (tertiary/aromatic N) is 4. The number of hydrogen-bond donors (Lipinski definition) is 0. The van der Waals surface area contributed by atoms with Gasteiger partial charge >= 0.3 is 0 Å². The second-order valence-corrected chi connectivity index (χ2v) is 6.54. The predicted octanol–water partition coefficient (Wildman–Crippen LogP) is 3.12. The third-order valence-electron chi connectivity index (χ3n) is 5.07. The normalized spacial score (nSPS) is 13.6. The fraction of sp³-hybridized carbons (Fsp3) is 0.316. The van der Waals surface area contributed by atoms with E-state index in [2.05, 4.69) is 13.8 Å². The van der Waals surface area contributed by atoms with E-state index in [1.165, 1.54) is 0 Å². The van der Waals surface area contributed by atoms with Gasteiger partial charge in [-0.25, -0.2) is 9.50 Å². The third kappa shape index (κ3) is 2.04. The van der Waals surface area contributed by atoms with Gasteiger partial charge in [0.05, 0.1) is 18.8 Å². The van der Waals surface area contributed by atoms with Gasteiger partial charge in [0, 0.05) is 22.5 Å². The van der Waals surface area contributed by atoms with Crippen LogP contribution >= 0.6 is 0 Å². The molecular weight excluding hydrogens is 300 g/mol. The summed E-state index contributed by atoms with van der Waals surface area (Å²) >= 11 is 0. The van der Waals surface area contributed by atoms with E-state index in [4.69, 9.17) is 10.1 Å². The van der Waals surface area contributed by atoms with Crippen LogP contribution in [0.3, 0.4) is 0 Å². The predicted molar refractivity (Wildman–Crippen MR) is 92.0 cm³/mol. The highest BCUT2D eigenvalue weighted by Gasteiger charge is 2.30. The molecule has 5 heteroatoms. The summed E-state index contributed by atoms with van der Waals surface area (Å²) in [7, 11) is 0. The zero-order valence-electron chi connectivity index (χ0n) is 14.4. The van der Waals surface area contributed by atoms with Gasteiger partial charge in [-0.1, -0.05) is 18.2 Å². The molecule has 1 aromatic carbocycles. The van der Waals surface area contributed by atoms with E-state index in [1.54, 1.807) is 0 Å². The molecule has 3 heterocycles. The van der Waals surface area contributed by atoms with Crippen molar-refractivity contribution in [2.45, 2.75) is 40.8 Å². The molecule has 1 aliphatic heterocycles. The molecule has 122 valence electrons. The molecule has 5 nitrogen and oxygen atoms in total. The minimum Gasteiger partial charge on any atom is -0.328 e. The van der Waals surface area contributed by atoms with Gasteiger partial charge in [0.2, 0.25) is 0 Å². The first-order valence-electron chi connectivity index (χ1n) is 8.16. The quantitative estimate of drug-likeness (QED) is 0.692. The standard InChI is InChI=1S/C19H20N4O/c1-11-7-5-6-8-15(11)19(24)22-9-16-17(10-22)21-23-14(4)12(2)13(3)20-18(16)23/h5-8H,9-10H2,1-4H3. The van der Waals surface area contributed by atoms with Gasteiger partial charge in [-0.2, -0.15) is 5.10 Å². The Morgan fingerprint density at radius 3 is 2.58 bits per heavy atom. The van der Waals surface area contributed by atoms with Gasteiger partial charge in [0.1, 0.15) is 0 Å². The highest BCUT2D eigenvalue weighted by Crippen LogP contribution is 2.28. The molecule has 0 spiro atoms. The Morgan fingerprint density at radius 2 is 1.83 bits per heavy atom. The Morgan fingerprint density at radius 1 is 1.08 bits per heavy atom. The van der Waals surface area contributed by atoms with E-state index in [-0.39, 0.29) is 5.91 Å². The largest absolute Gasteiger partial charge is 0.328 e. The third-order valence-corrected chi connectivity index (χ3v) is 5.07. The maximum absolute atomic E-state index is 12.8. The van der Waals surface area contributed by atoms with Crippen LogP contribution in [0.25, 0.3) is 5.65 Å². The van der Waals surface area contributed by atoms with Gasteiger partial charge in [0.15, 0.2) is 5.65 Å². The maximum atomic E-state index is 12.8. The molecule has 0 radical (unpaired) electrons. The van der Waals surface area contributed by atoms with Crippen molar-refractivity contribution < 1.29 is 4.79 Å². The number of carbonyl (C=O) groups is 1. The zero-order chi connectivity index (χ0) is 17.0. The summed E-state index contributed by atoms with van der Waals surface area (Å²) in [4.78, 5) is 19.4. The summed E-state index contributed by atoms with van der Waals surface area (Å²) in [6.07, 6.45) is 0. The average molecular weight is 320 g/mol. The summed E-state index contributed by atoms with van der Waals surface area (Å²) in [5.41, 5.74) is 7.97. The summed E-state index contributed by atoms with van der Waals surface area (Å²) in [5, 5.41) is 4.70. The Hall–Kier alpha value is -2.69. The van der Waals surface area contributed by atoms with Crippen LogP contribution in [0.4, 0.5) is 0 Å². The van der Waals surface area contributed by atoms with Crippen LogP contribution in [0.5, 0.6) is 0 Å². The molecule has 24 heavy (non-hydrogen) atoms. The van der Waals surface area contributed by atoms with Crippen LogP contribution in [0.2, 0.25) is 0 Å². The zero-order valence-corrected chi connectivity index (χ0v) is 14.4. The summed E-state index contributed by atoms with van der Waals surface area (Å²) < 4.78 is 1.92. The van der Waals surface area contributed by atoms with Crippen molar-refractivity contribution in [1.82, 2.24) is 19.5 Å². The molecular formula is C19H20N4O. The van der Waals surface area contributed by atoms with Crippen molar-refractivity contribution in [2.75, 3.05) is 0 Å². The Kier molecular flexibility index (Phi) is 3.20. The summed E-state index contributed by atoms with van der Waals surface area (Å²) in [5.74, 6) is 0.0600. The van der Waals surface area contributed by atoms with Crippen molar-refractivity contribution in [3.8, 4) is 0 Å². The van der Waals surface area contributed by atoms with Crippen molar-refractivity contribution in [2.24, 2.45) is 0 Å². The highest BCUT2D eigenvalue weighted by atomic mass is 16.2. The van der Waals surface area contributed by atoms with E-state index in [1.807, 2.05) is 47.5 Å². The number of rotatable bonds is 1. The minimum atomic E-state index is 0.0600. The fourth-order valence-corrected chi connectivity index (χ4v) is 3.34. The first kappa shape index (κ1) is 14.9. The van der Waals surface area contributed by atoms with E-state index in [9.17, 15) is 4.79 Å². The van der Waals surface area contributed by atoms with E-state index in [0.717, 1.165) is 45.0 Å². The number of carbonyl (C=O) groups excluding carboxylic acids is 1. The number of benzene rings is 1. The van der Waals surface area contributed by atoms with Crippen molar-refractivity contribution in [1.29, 1.82) is 0 Å². The summed E-state index contributed by atoms with van der Waals surface area (Å²) in [6, 6.07) is 7.71. The first-order chi connectivity index (χ1) is 11.5. The molecule has 3 aromatic rings. The van der Waals surface area contributed by atoms with Gasteiger partial charge in [0.25, 0.3) is 5.91 Å². The van der Waals surface area contributed by atoms with Gasteiger partial charge in [-0.15, -0.1) is 0 Å². The van der Waals surface area contributed by atoms with Crippen LogP contribution in [0, 0.1) is 27.7 Å². The Labute approximate surface area is 140 Å². The Balaban J connectivity index is 1.73. The smallest absolute Gasteiger partial charge is 0.254 e. The lowest BCUT2D eigenvalue weighted by Crippen LogP contribution is -2.26. The monoisotopic (exact) mass is 320 g/mol. The van der Waals surface area contributed by atoms with Gasteiger partial charge in [-0.05, 0) is 44.9 Å². The molecule has 0 bridgehead atoms. The van der Waals surface area contributed by atoms with Crippen LogP contribution in [-0.4, -0.2) is 25.4 Å². The lowest BCUT2D eigenvalue weighted by atomic mass is 10.1. The lowest BCUT2D eigenvalue weighted by Gasteiger charge is -2.17. The molecule has 4 rings (SSSR count).